The van der Waals surface area contributed by atoms with Crippen molar-refractivity contribution in [2.24, 2.45) is 5.92 Å². The number of nitrogens with zero attached hydrogens (tertiary/aromatic N) is 1. The van der Waals surface area contributed by atoms with Crippen LogP contribution in [0, 0.1) is 5.92 Å². The maximum atomic E-state index is 9.93. The number of hydrogen-bond donors (Lipinski definition) is 1. The summed E-state index contributed by atoms with van der Waals surface area (Å²) < 4.78 is 0. The van der Waals surface area contributed by atoms with Gasteiger partial charge in [-0.15, -0.1) is 0 Å². The molecule has 2 heteroatoms. The first-order valence-corrected chi connectivity index (χ1v) is 7.10. The van der Waals surface area contributed by atoms with Crippen LogP contribution in [0.4, 0.5) is 0 Å². The molecule has 0 amide bonds. The Kier molecular flexibility index (Phi) is 6.37. The summed E-state index contributed by atoms with van der Waals surface area (Å²) >= 11 is 0. The molecule has 0 spiro atoms. The third kappa shape index (κ3) is 4.06. The van der Waals surface area contributed by atoms with E-state index in [0.717, 1.165) is 12.5 Å². The molecule has 0 aromatic carbocycles. The van der Waals surface area contributed by atoms with E-state index in [-0.39, 0.29) is 6.23 Å². The van der Waals surface area contributed by atoms with Crippen LogP contribution in [0.5, 0.6) is 0 Å². The van der Waals surface area contributed by atoms with Gasteiger partial charge in [-0.1, -0.05) is 39.5 Å². The molecule has 0 saturated heterocycles. The van der Waals surface area contributed by atoms with Crippen LogP contribution in [-0.4, -0.2) is 28.8 Å². The predicted octanol–water partition coefficient (Wildman–Crippen LogP) is 3.40. The summed E-state index contributed by atoms with van der Waals surface area (Å²) in [5, 5.41) is 9.93. The van der Waals surface area contributed by atoms with Gasteiger partial charge < -0.3 is 5.11 Å². The van der Waals surface area contributed by atoms with Crippen molar-refractivity contribution in [2.45, 2.75) is 78.0 Å². The highest BCUT2D eigenvalue weighted by Gasteiger charge is 2.27. The number of hydrogen-bond acceptors (Lipinski definition) is 2. The monoisotopic (exact) mass is 227 g/mol. The number of aliphatic hydroxyl groups is 1. The summed E-state index contributed by atoms with van der Waals surface area (Å²) in [6.45, 7) is 7.56. The van der Waals surface area contributed by atoms with E-state index in [1.165, 1.54) is 44.9 Å². The fourth-order valence-electron chi connectivity index (χ4n) is 2.94. The zero-order chi connectivity index (χ0) is 12.0. The minimum atomic E-state index is -0.280. The van der Waals surface area contributed by atoms with Gasteiger partial charge in [-0.25, -0.2) is 0 Å². The second-order valence-electron chi connectivity index (χ2n) is 5.41. The van der Waals surface area contributed by atoms with Gasteiger partial charge in [-0.05, 0) is 32.1 Å². The molecule has 1 rings (SSSR count). The lowest BCUT2D eigenvalue weighted by molar-refractivity contribution is -0.0297. The van der Waals surface area contributed by atoms with Gasteiger partial charge in [-0.2, -0.15) is 0 Å². The van der Waals surface area contributed by atoms with Crippen LogP contribution in [0.15, 0.2) is 0 Å². The fraction of sp³-hybridized carbons (Fsp3) is 1.00. The van der Waals surface area contributed by atoms with E-state index in [4.69, 9.17) is 0 Å². The van der Waals surface area contributed by atoms with Crippen molar-refractivity contribution in [3.8, 4) is 0 Å². The van der Waals surface area contributed by atoms with Gasteiger partial charge in [0.05, 0.1) is 0 Å². The van der Waals surface area contributed by atoms with Gasteiger partial charge in [0.1, 0.15) is 6.23 Å². The van der Waals surface area contributed by atoms with Crippen molar-refractivity contribution in [3.05, 3.63) is 0 Å². The molecule has 0 aliphatic heterocycles. The summed E-state index contributed by atoms with van der Waals surface area (Å²) in [6.07, 6.45) is 8.83. The first kappa shape index (κ1) is 14.0. The second kappa shape index (κ2) is 7.29. The van der Waals surface area contributed by atoms with Gasteiger partial charge in [0.25, 0.3) is 0 Å². The normalized spacial score (nSPS) is 29.1. The topological polar surface area (TPSA) is 23.5 Å². The highest BCUT2D eigenvalue weighted by atomic mass is 16.3. The van der Waals surface area contributed by atoms with Crippen LogP contribution in [0.1, 0.15) is 65.7 Å². The van der Waals surface area contributed by atoms with Crippen molar-refractivity contribution in [1.29, 1.82) is 0 Å². The molecule has 0 heterocycles. The lowest BCUT2D eigenvalue weighted by Crippen LogP contribution is -2.45. The molecular weight excluding hydrogens is 198 g/mol. The van der Waals surface area contributed by atoms with Gasteiger partial charge in [0.2, 0.25) is 0 Å². The molecule has 2 nitrogen and oxygen atoms in total. The standard InChI is InChI=1S/C14H29NO/c1-4-5-11-15(13(3)16)14-10-8-6-7-9-12(14)2/h12-14,16H,4-11H2,1-3H3. The van der Waals surface area contributed by atoms with E-state index in [2.05, 4.69) is 18.7 Å². The molecule has 3 unspecified atom stereocenters. The molecule has 1 N–H and O–H groups in total. The van der Waals surface area contributed by atoms with Crippen molar-refractivity contribution < 1.29 is 5.11 Å². The zero-order valence-corrected chi connectivity index (χ0v) is 11.3. The maximum Gasteiger partial charge on any atom is 0.104 e. The van der Waals surface area contributed by atoms with Crippen LogP contribution < -0.4 is 0 Å². The lowest BCUT2D eigenvalue weighted by atomic mass is 9.95. The average molecular weight is 227 g/mol. The van der Waals surface area contributed by atoms with Gasteiger partial charge in [0.15, 0.2) is 0 Å². The van der Waals surface area contributed by atoms with Crippen molar-refractivity contribution in [3.63, 3.8) is 0 Å². The largest absolute Gasteiger partial charge is 0.379 e. The first-order chi connectivity index (χ1) is 7.66. The van der Waals surface area contributed by atoms with Crippen LogP contribution in [-0.2, 0) is 0 Å². The Morgan fingerprint density at radius 2 is 1.94 bits per heavy atom. The third-order valence-electron chi connectivity index (χ3n) is 3.99. The Labute approximate surface area is 101 Å². The Balaban J connectivity index is 2.58. The summed E-state index contributed by atoms with van der Waals surface area (Å²) in [6, 6.07) is 0.606. The van der Waals surface area contributed by atoms with E-state index in [1.807, 2.05) is 6.92 Å². The van der Waals surface area contributed by atoms with Crippen molar-refractivity contribution >= 4 is 0 Å². The van der Waals surface area contributed by atoms with E-state index >= 15 is 0 Å². The molecular formula is C14H29NO. The highest BCUT2D eigenvalue weighted by molar-refractivity contribution is 4.80. The summed E-state index contributed by atoms with van der Waals surface area (Å²) in [7, 11) is 0. The van der Waals surface area contributed by atoms with Crippen LogP contribution in [0.2, 0.25) is 0 Å². The van der Waals surface area contributed by atoms with Crippen LogP contribution in [0.25, 0.3) is 0 Å². The smallest absolute Gasteiger partial charge is 0.104 e. The van der Waals surface area contributed by atoms with Gasteiger partial charge in [0, 0.05) is 12.6 Å². The molecule has 16 heavy (non-hydrogen) atoms. The van der Waals surface area contributed by atoms with Crippen LogP contribution in [0.3, 0.4) is 0 Å². The molecule has 0 radical (unpaired) electrons. The SMILES string of the molecule is CCCCN(C(C)O)C1CCCCCC1C. The molecule has 96 valence electrons. The number of unbranched alkanes of at least 4 members (excludes halogenated alkanes) is 1. The minimum Gasteiger partial charge on any atom is -0.379 e. The van der Waals surface area contributed by atoms with Crippen molar-refractivity contribution in [2.75, 3.05) is 6.54 Å². The molecule has 3 atom stereocenters. The second-order valence-corrected chi connectivity index (χ2v) is 5.41. The maximum absolute atomic E-state index is 9.93. The predicted molar refractivity (Wildman–Crippen MR) is 69.3 cm³/mol. The summed E-state index contributed by atoms with van der Waals surface area (Å²) in [4.78, 5) is 2.33. The van der Waals surface area contributed by atoms with E-state index in [1.54, 1.807) is 0 Å². The quantitative estimate of drug-likeness (QED) is 0.575. The summed E-state index contributed by atoms with van der Waals surface area (Å²) in [5.41, 5.74) is 0. The van der Waals surface area contributed by atoms with E-state index in [9.17, 15) is 5.11 Å². The molecule has 0 aromatic rings. The van der Waals surface area contributed by atoms with E-state index < -0.39 is 0 Å². The molecule has 1 fully saturated rings. The highest BCUT2D eigenvalue weighted by Crippen LogP contribution is 2.28. The van der Waals surface area contributed by atoms with Gasteiger partial charge >= 0.3 is 0 Å². The zero-order valence-electron chi connectivity index (χ0n) is 11.3. The Hall–Kier alpha value is -0.0800. The minimum absolute atomic E-state index is 0.280. The molecule has 0 aromatic heterocycles. The molecule has 1 aliphatic carbocycles. The molecule has 1 aliphatic rings. The average Bonchev–Trinajstić information content (AvgIpc) is 2.44. The lowest BCUT2D eigenvalue weighted by Gasteiger charge is -2.37. The first-order valence-electron chi connectivity index (χ1n) is 7.10. The number of rotatable bonds is 5. The fourth-order valence-corrected chi connectivity index (χ4v) is 2.94. The third-order valence-corrected chi connectivity index (χ3v) is 3.99. The van der Waals surface area contributed by atoms with Crippen LogP contribution >= 0.6 is 0 Å². The van der Waals surface area contributed by atoms with E-state index in [0.29, 0.717) is 6.04 Å². The Morgan fingerprint density at radius 1 is 1.25 bits per heavy atom. The molecule has 0 bridgehead atoms. The van der Waals surface area contributed by atoms with Crippen molar-refractivity contribution in [1.82, 2.24) is 4.90 Å². The molecule has 1 saturated carbocycles. The Bertz CT molecular complexity index is 182. The Morgan fingerprint density at radius 3 is 2.56 bits per heavy atom. The summed E-state index contributed by atoms with van der Waals surface area (Å²) in [5.74, 6) is 0.744. The van der Waals surface area contributed by atoms with Gasteiger partial charge in [-0.3, -0.25) is 4.90 Å². The number of aliphatic hydroxyl groups excluding tert-OH is 1.